The highest BCUT2D eigenvalue weighted by Crippen LogP contribution is 2.32. The van der Waals surface area contributed by atoms with E-state index in [0.717, 1.165) is 34.5 Å². The van der Waals surface area contributed by atoms with Crippen LogP contribution in [0.4, 0.5) is 13.2 Å². The van der Waals surface area contributed by atoms with Crippen molar-refractivity contribution in [1.82, 2.24) is 15.6 Å². The molecule has 0 aliphatic carbocycles. The molecule has 5 nitrogen and oxygen atoms in total. The second kappa shape index (κ2) is 9.58. The number of alkyl halides is 3. The maximum absolute atomic E-state index is 12.6. The Kier molecular flexibility index (Phi) is 7.71. The van der Waals surface area contributed by atoms with E-state index >= 15 is 0 Å². The molecule has 148 valence electrons. The van der Waals surface area contributed by atoms with Crippen molar-refractivity contribution in [2.24, 2.45) is 4.99 Å². The van der Waals surface area contributed by atoms with Crippen molar-refractivity contribution in [3.05, 3.63) is 45.9 Å². The molecular formula is C17H20F3IN4OS. The highest BCUT2D eigenvalue weighted by Gasteiger charge is 2.33. The lowest BCUT2D eigenvalue weighted by molar-refractivity contribution is -0.140. The van der Waals surface area contributed by atoms with Crippen LogP contribution >= 0.6 is 35.3 Å². The van der Waals surface area contributed by atoms with Crippen LogP contribution in [0, 0.1) is 0 Å². The Bertz CT molecular complexity index is 782. The summed E-state index contributed by atoms with van der Waals surface area (Å²) in [7, 11) is 1.62. The Morgan fingerprint density at radius 2 is 2.11 bits per heavy atom. The lowest BCUT2D eigenvalue weighted by Gasteiger charge is -2.26. The van der Waals surface area contributed by atoms with Gasteiger partial charge in [0.1, 0.15) is 10.8 Å². The molecule has 27 heavy (non-hydrogen) atoms. The van der Waals surface area contributed by atoms with Crippen LogP contribution in [0.15, 0.2) is 34.6 Å². The molecule has 10 heteroatoms. The molecule has 0 saturated carbocycles. The zero-order valence-electron chi connectivity index (χ0n) is 14.5. The number of halogens is 4. The standard InChI is InChI=1S/C17H19F3N4OS.HI/c1-21-16(23-9-15-24-14(10-26-15)17(18,19)20)22-8-11-6-7-25-13-5-3-2-4-12(11)13;/h2-5,10-11H,6-9H2,1H3,(H2,21,22,23);1H. The highest BCUT2D eigenvalue weighted by molar-refractivity contribution is 14.0. The Morgan fingerprint density at radius 1 is 1.33 bits per heavy atom. The summed E-state index contributed by atoms with van der Waals surface area (Å²) in [4.78, 5) is 7.72. The number of aromatic nitrogens is 1. The summed E-state index contributed by atoms with van der Waals surface area (Å²) < 4.78 is 43.4. The molecule has 0 radical (unpaired) electrons. The van der Waals surface area contributed by atoms with Gasteiger partial charge in [-0.3, -0.25) is 4.99 Å². The predicted molar refractivity (Wildman–Crippen MR) is 110 cm³/mol. The van der Waals surface area contributed by atoms with Gasteiger partial charge >= 0.3 is 6.18 Å². The zero-order valence-corrected chi connectivity index (χ0v) is 17.7. The highest BCUT2D eigenvalue weighted by atomic mass is 127. The molecule has 2 aromatic rings. The largest absolute Gasteiger partial charge is 0.493 e. The van der Waals surface area contributed by atoms with Crippen LogP contribution < -0.4 is 15.4 Å². The fourth-order valence-electron chi connectivity index (χ4n) is 2.75. The van der Waals surface area contributed by atoms with Gasteiger partial charge in [0.2, 0.25) is 0 Å². The normalized spacial score (nSPS) is 16.7. The Morgan fingerprint density at radius 3 is 2.81 bits per heavy atom. The van der Waals surface area contributed by atoms with Gasteiger partial charge in [-0.25, -0.2) is 4.98 Å². The summed E-state index contributed by atoms with van der Waals surface area (Å²) in [6.07, 6.45) is -3.52. The average Bonchev–Trinajstić information content (AvgIpc) is 3.11. The van der Waals surface area contributed by atoms with Crippen LogP contribution in [0.5, 0.6) is 5.75 Å². The van der Waals surface area contributed by atoms with Crippen LogP contribution in [-0.2, 0) is 12.7 Å². The van der Waals surface area contributed by atoms with E-state index in [1.54, 1.807) is 7.05 Å². The second-order valence-electron chi connectivity index (χ2n) is 5.80. The summed E-state index contributed by atoms with van der Waals surface area (Å²) in [6.45, 7) is 1.51. The Hall–Kier alpha value is -1.56. The molecule has 2 N–H and O–H groups in total. The first-order chi connectivity index (χ1) is 12.5. The first kappa shape index (κ1) is 21.7. The van der Waals surface area contributed by atoms with E-state index in [0.29, 0.717) is 24.1 Å². The Labute approximate surface area is 176 Å². The van der Waals surface area contributed by atoms with Crippen molar-refractivity contribution in [3.63, 3.8) is 0 Å². The third kappa shape index (κ3) is 5.71. The van der Waals surface area contributed by atoms with Gasteiger partial charge in [-0.2, -0.15) is 13.2 Å². The van der Waals surface area contributed by atoms with Crippen LogP contribution in [0.3, 0.4) is 0 Å². The number of ether oxygens (including phenoxy) is 1. The molecule has 0 fully saturated rings. The summed E-state index contributed by atoms with van der Waals surface area (Å²) in [5.41, 5.74) is 0.289. The fourth-order valence-corrected chi connectivity index (χ4v) is 3.49. The molecule has 1 aliphatic rings. The molecule has 1 unspecified atom stereocenters. The molecule has 0 bridgehead atoms. The average molecular weight is 512 g/mol. The SMILES string of the molecule is CN=C(NCc1nc(C(F)(F)F)cs1)NCC1CCOc2ccccc21.I. The molecule has 3 rings (SSSR count). The number of fused-ring (bicyclic) bond motifs is 1. The first-order valence-electron chi connectivity index (χ1n) is 8.15. The van der Waals surface area contributed by atoms with Crippen LogP contribution in [-0.4, -0.2) is 31.1 Å². The molecule has 0 amide bonds. The van der Waals surface area contributed by atoms with Crippen molar-refractivity contribution in [2.45, 2.75) is 25.1 Å². The van der Waals surface area contributed by atoms with Gasteiger partial charge in [-0.15, -0.1) is 35.3 Å². The summed E-state index contributed by atoms with van der Waals surface area (Å²) in [5, 5.41) is 7.61. The maximum atomic E-state index is 12.6. The number of benzene rings is 1. The van der Waals surface area contributed by atoms with E-state index in [1.807, 2.05) is 24.3 Å². The van der Waals surface area contributed by atoms with Gasteiger partial charge in [0.25, 0.3) is 0 Å². The monoisotopic (exact) mass is 512 g/mol. The molecule has 2 heterocycles. The van der Waals surface area contributed by atoms with E-state index < -0.39 is 11.9 Å². The maximum Gasteiger partial charge on any atom is 0.434 e. The van der Waals surface area contributed by atoms with Gasteiger partial charge in [0, 0.05) is 24.9 Å². The van der Waals surface area contributed by atoms with E-state index in [1.165, 1.54) is 0 Å². The number of aliphatic imine (C=N–C) groups is 1. The smallest absolute Gasteiger partial charge is 0.434 e. The molecular weight excluding hydrogens is 492 g/mol. The molecule has 1 aromatic carbocycles. The number of nitrogens with one attached hydrogen (secondary N) is 2. The minimum Gasteiger partial charge on any atom is -0.493 e. The van der Waals surface area contributed by atoms with Gasteiger partial charge < -0.3 is 15.4 Å². The minimum atomic E-state index is -4.41. The van der Waals surface area contributed by atoms with E-state index in [9.17, 15) is 13.2 Å². The number of hydrogen-bond acceptors (Lipinski definition) is 4. The topological polar surface area (TPSA) is 58.5 Å². The van der Waals surface area contributed by atoms with E-state index in [-0.39, 0.29) is 36.4 Å². The first-order valence-corrected chi connectivity index (χ1v) is 9.03. The van der Waals surface area contributed by atoms with Gasteiger partial charge in [-0.1, -0.05) is 18.2 Å². The van der Waals surface area contributed by atoms with Crippen molar-refractivity contribution in [2.75, 3.05) is 20.2 Å². The number of hydrogen-bond donors (Lipinski definition) is 2. The number of nitrogens with zero attached hydrogens (tertiary/aromatic N) is 2. The van der Waals surface area contributed by atoms with Crippen molar-refractivity contribution in [1.29, 1.82) is 0 Å². The summed E-state index contributed by atoms with van der Waals surface area (Å²) >= 11 is 0.973. The number of thiazole rings is 1. The number of guanidine groups is 1. The van der Waals surface area contributed by atoms with Crippen LogP contribution in [0.25, 0.3) is 0 Å². The van der Waals surface area contributed by atoms with E-state index in [2.05, 4.69) is 20.6 Å². The molecule has 1 atom stereocenters. The summed E-state index contributed by atoms with van der Waals surface area (Å²) in [5.74, 6) is 1.71. The molecule has 1 aliphatic heterocycles. The van der Waals surface area contributed by atoms with Gasteiger partial charge in [-0.05, 0) is 18.1 Å². The molecule has 0 saturated heterocycles. The number of para-hydroxylation sites is 1. The third-order valence-corrected chi connectivity index (χ3v) is 4.92. The lowest BCUT2D eigenvalue weighted by atomic mass is 9.93. The number of rotatable bonds is 4. The van der Waals surface area contributed by atoms with Crippen molar-refractivity contribution >= 4 is 41.3 Å². The van der Waals surface area contributed by atoms with E-state index in [4.69, 9.17) is 4.74 Å². The van der Waals surface area contributed by atoms with Crippen LogP contribution in [0.2, 0.25) is 0 Å². The third-order valence-electron chi connectivity index (χ3n) is 4.07. The predicted octanol–water partition coefficient (Wildman–Crippen LogP) is 4.01. The van der Waals surface area contributed by atoms with Crippen molar-refractivity contribution < 1.29 is 17.9 Å². The minimum absolute atomic E-state index is 0. The van der Waals surface area contributed by atoms with Gasteiger partial charge in [0.05, 0.1) is 13.2 Å². The summed E-state index contributed by atoms with van der Waals surface area (Å²) in [6, 6.07) is 7.92. The second-order valence-corrected chi connectivity index (χ2v) is 6.75. The lowest BCUT2D eigenvalue weighted by Crippen LogP contribution is -2.39. The van der Waals surface area contributed by atoms with Crippen molar-refractivity contribution in [3.8, 4) is 5.75 Å². The molecule has 1 aromatic heterocycles. The fraction of sp³-hybridized carbons (Fsp3) is 0.412. The quantitative estimate of drug-likeness (QED) is 0.370. The van der Waals surface area contributed by atoms with Gasteiger partial charge in [0.15, 0.2) is 11.7 Å². The zero-order chi connectivity index (χ0) is 18.6. The Balaban J connectivity index is 0.00000261. The van der Waals surface area contributed by atoms with Crippen LogP contribution in [0.1, 0.15) is 28.6 Å². The molecule has 0 spiro atoms.